The van der Waals surface area contributed by atoms with Crippen molar-refractivity contribution in [3.63, 3.8) is 0 Å². The van der Waals surface area contributed by atoms with Gasteiger partial charge in [0.15, 0.2) is 5.82 Å². The van der Waals surface area contributed by atoms with Crippen molar-refractivity contribution in [1.82, 2.24) is 4.98 Å². The van der Waals surface area contributed by atoms with Crippen LogP contribution in [0, 0.1) is 18.6 Å². The van der Waals surface area contributed by atoms with Crippen LogP contribution >= 0.6 is 11.6 Å². The molecule has 1 heterocycles. The number of anilines is 2. The number of amides is 1. The van der Waals surface area contributed by atoms with Crippen molar-refractivity contribution in [2.24, 2.45) is 0 Å². The maximum absolute atomic E-state index is 13.6. The number of benzene rings is 1. The highest BCUT2D eigenvalue weighted by molar-refractivity contribution is 6.34. The Hall–Kier alpha value is -2.21. The van der Waals surface area contributed by atoms with Crippen LogP contribution in [0.25, 0.3) is 0 Å². The smallest absolute Gasteiger partial charge is 0.257 e. The van der Waals surface area contributed by atoms with E-state index in [1.807, 2.05) is 0 Å². The Kier molecular flexibility index (Phi) is 3.85. The molecule has 0 atom stereocenters. The van der Waals surface area contributed by atoms with Crippen molar-refractivity contribution in [2.45, 2.75) is 6.92 Å². The second-order valence-corrected chi connectivity index (χ2v) is 4.51. The van der Waals surface area contributed by atoms with Crippen LogP contribution in [0.15, 0.2) is 24.4 Å². The summed E-state index contributed by atoms with van der Waals surface area (Å²) in [7, 11) is 0. The van der Waals surface area contributed by atoms with Gasteiger partial charge in [-0.15, -0.1) is 0 Å². The van der Waals surface area contributed by atoms with Crippen LogP contribution in [-0.2, 0) is 0 Å². The highest BCUT2D eigenvalue weighted by atomic mass is 35.5. The molecule has 2 rings (SSSR count). The number of carbonyl (C=O) groups is 1. The number of nitrogen functional groups attached to an aromatic ring is 1. The predicted octanol–water partition coefficient (Wildman–Crippen LogP) is 3.16. The molecule has 0 saturated heterocycles. The number of pyridine rings is 1. The number of nitrogens with zero attached hydrogens (tertiary/aromatic N) is 1. The highest BCUT2D eigenvalue weighted by Crippen LogP contribution is 2.27. The van der Waals surface area contributed by atoms with E-state index < -0.39 is 17.5 Å². The number of hydrogen-bond donors (Lipinski definition) is 2. The average molecular weight is 298 g/mol. The molecular weight excluding hydrogens is 288 g/mol. The van der Waals surface area contributed by atoms with Gasteiger partial charge in [-0.05, 0) is 19.1 Å². The van der Waals surface area contributed by atoms with E-state index in [0.717, 1.165) is 6.07 Å². The molecule has 2 aromatic rings. The number of nitrogens with two attached hydrogens (primary N) is 1. The number of nitrogens with one attached hydrogen (secondary N) is 1. The van der Waals surface area contributed by atoms with Gasteiger partial charge in [0.1, 0.15) is 5.82 Å². The molecule has 0 aliphatic rings. The first-order valence-corrected chi connectivity index (χ1v) is 5.94. The maximum atomic E-state index is 13.6. The molecule has 0 saturated carbocycles. The van der Waals surface area contributed by atoms with Crippen LogP contribution < -0.4 is 11.1 Å². The Labute approximate surface area is 118 Å². The summed E-state index contributed by atoms with van der Waals surface area (Å²) in [6.45, 7) is 1.61. The van der Waals surface area contributed by atoms with Crippen LogP contribution in [0.4, 0.5) is 20.2 Å². The molecule has 1 aromatic heterocycles. The molecule has 0 aliphatic carbocycles. The zero-order valence-electron chi connectivity index (χ0n) is 10.4. The minimum Gasteiger partial charge on any atom is -0.397 e. The lowest BCUT2D eigenvalue weighted by molar-refractivity contribution is 0.102. The van der Waals surface area contributed by atoms with Gasteiger partial charge in [0.05, 0.1) is 33.9 Å². The normalized spacial score (nSPS) is 10.4. The topological polar surface area (TPSA) is 68.0 Å². The Morgan fingerprint density at radius 1 is 1.35 bits per heavy atom. The van der Waals surface area contributed by atoms with Crippen LogP contribution in [0.1, 0.15) is 16.1 Å². The van der Waals surface area contributed by atoms with Gasteiger partial charge in [-0.1, -0.05) is 11.6 Å². The first-order chi connectivity index (χ1) is 9.38. The van der Waals surface area contributed by atoms with Gasteiger partial charge in [0.2, 0.25) is 0 Å². The molecule has 104 valence electrons. The Balaban J connectivity index is 2.35. The van der Waals surface area contributed by atoms with Crippen molar-refractivity contribution in [1.29, 1.82) is 0 Å². The molecule has 20 heavy (non-hydrogen) atoms. The molecule has 0 aliphatic heterocycles. The molecule has 0 unspecified atom stereocenters. The fourth-order valence-electron chi connectivity index (χ4n) is 1.62. The fourth-order valence-corrected chi connectivity index (χ4v) is 1.86. The van der Waals surface area contributed by atoms with Crippen molar-refractivity contribution in [3.8, 4) is 0 Å². The monoisotopic (exact) mass is 297 g/mol. The molecule has 3 N–H and O–H groups in total. The lowest BCUT2D eigenvalue weighted by atomic mass is 10.1. The maximum Gasteiger partial charge on any atom is 0.257 e. The van der Waals surface area contributed by atoms with E-state index in [2.05, 4.69) is 10.3 Å². The molecule has 7 heteroatoms. The highest BCUT2D eigenvalue weighted by Gasteiger charge is 2.16. The Morgan fingerprint density at radius 3 is 2.70 bits per heavy atom. The number of aromatic nitrogens is 1. The predicted molar refractivity (Wildman–Crippen MR) is 72.7 cm³/mol. The SMILES string of the molecule is Cc1ncc(N)cc1C(=O)Nc1c(F)cc(F)cc1Cl. The largest absolute Gasteiger partial charge is 0.397 e. The molecule has 0 spiro atoms. The van der Waals surface area contributed by atoms with Gasteiger partial charge in [-0.3, -0.25) is 9.78 Å². The van der Waals surface area contributed by atoms with Crippen molar-refractivity contribution in [2.75, 3.05) is 11.1 Å². The van der Waals surface area contributed by atoms with Gasteiger partial charge in [-0.25, -0.2) is 8.78 Å². The summed E-state index contributed by atoms with van der Waals surface area (Å²) < 4.78 is 26.5. The Morgan fingerprint density at radius 2 is 2.05 bits per heavy atom. The molecule has 1 amide bonds. The molecule has 0 radical (unpaired) electrons. The zero-order chi connectivity index (χ0) is 14.9. The average Bonchev–Trinajstić information content (AvgIpc) is 2.36. The van der Waals surface area contributed by atoms with Crippen LogP contribution in [0.3, 0.4) is 0 Å². The third-order valence-electron chi connectivity index (χ3n) is 2.60. The minimum atomic E-state index is -0.960. The molecule has 4 nitrogen and oxygen atoms in total. The van der Waals surface area contributed by atoms with Gasteiger partial charge in [0.25, 0.3) is 5.91 Å². The zero-order valence-corrected chi connectivity index (χ0v) is 11.1. The van der Waals surface area contributed by atoms with Crippen molar-refractivity contribution < 1.29 is 13.6 Å². The lowest BCUT2D eigenvalue weighted by Crippen LogP contribution is -2.16. The third kappa shape index (κ3) is 2.85. The number of hydrogen-bond acceptors (Lipinski definition) is 3. The Bertz CT molecular complexity index is 668. The van der Waals surface area contributed by atoms with E-state index in [1.165, 1.54) is 12.3 Å². The fraction of sp³-hybridized carbons (Fsp3) is 0.0769. The number of halogens is 3. The van der Waals surface area contributed by atoms with Gasteiger partial charge in [-0.2, -0.15) is 0 Å². The van der Waals surface area contributed by atoms with Crippen molar-refractivity contribution >= 4 is 28.9 Å². The van der Waals surface area contributed by atoms with E-state index in [4.69, 9.17) is 17.3 Å². The van der Waals surface area contributed by atoms with E-state index in [-0.39, 0.29) is 16.3 Å². The van der Waals surface area contributed by atoms with Gasteiger partial charge in [0, 0.05) is 6.07 Å². The standard InChI is InChI=1S/C13H10ClF2N3O/c1-6-9(4-8(17)5-18-6)13(20)19-12-10(14)2-7(15)3-11(12)16/h2-5H,17H2,1H3,(H,19,20). The summed E-state index contributed by atoms with van der Waals surface area (Å²) in [5.41, 5.74) is 6.16. The second kappa shape index (κ2) is 5.42. The van der Waals surface area contributed by atoms with Gasteiger partial charge < -0.3 is 11.1 Å². The van der Waals surface area contributed by atoms with Crippen LogP contribution in [0.5, 0.6) is 0 Å². The molecule has 1 aromatic carbocycles. The summed E-state index contributed by atoms with van der Waals surface area (Å²) >= 11 is 5.70. The minimum absolute atomic E-state index is 0.185. The first kappa shape index (κ1) is 14.2. The van der Waals surface area contributed by atoms with E-state index in [1.54, 1.807) is 6.92 Å². The third-order valence-corrected chi connectivity index (χ3v) is 2.90. The lowest BCUT2D eigenvalue weighted by Gasteiger charge is -2.10. The summed E-state index contributed by atoms with van der Waals surface area (Å²) in [5.74, 6) is -2.42. The summed E-state index contributed by atoms with van der Waals surface area (Å²) in [6, 6.07) is 2.95. The molecule has 0 bridgehead atoms. The molecular formula is C13H10ClF2N3O. The van der Waals surface area contributed by atoms with Crippen LogP contribution in [0.2, 0.25) is 5.02 Å². The van der Waals surface area contributed by atoms with E-state index >= 15 is 0 Å². The molecule has 0 fully saturated rings. The summed E-state index contributed by atoms with van der Waals surface area (Å²) in [6.07, 6.45) is 1.40. The van der Waals surface area contributed by atoms with Gasteiger partial charge >= 0.3 is 0 Å². The quantitative estimate of drug-likeness (QED) is 0.894. The summed E-state index contributed by atoms with van der Waals surface area (Å²) in [4.78, 5) is 16.0. The number of rotatable bonds is 2. The first-order valence-electron chi connectivity index (χ1n) is 5.56. The van der Waals surface area contributed by atoms with Crippen molar-refractivity contribution in [3.05, 3.63) is 52.3 Å². The van der Waals surface area contributed by atoms with E-state index in [9.17, 15) is 13.6 Å². The number of carbonyl (C=O) groups excluding carboxylic acids is 1. The summed E-state index contributed by atoms with van der Waals surface area (Å²) in [5, 5.41) is 2.05. The number of aryl methyl sites for hydroxylation is 1. The van der Waals surface area contributed by atoms with Crippen LogP contribution in [-0.4, -0.2) is 10.9 Å². The second-order valence-electron chi connectivity index (χ2n) is 4.10. The van der Waals surface area contributed by atoms with E-state index in [0.29, 0.717) is 17.4 Å².